The zero-order valence-electron chi connectivity index (χ0n) is 12.9. The number of carbonyl (C=O) groups excluding carboxylic acids is 1. The third-order valence-electron chi connectivity index (χ3n) is 3.51. The first-order valence-corrected chi connectivity index (χ1v) is 7.96. The van der Waals surface area contributed by atoms with Crippen LogP contribution in [0.1, 0.15) is 24.1 Å². The fourth-order valence-corrected chi connectivity index (χ4v) is 2.78. The van der Waals surface area contributed by atoms with Crippen LogP contribution >= 0.6 is 23.2 Å². The van der Waals surface area contributed by atoms with Gasteiger partial charge in [0.25, 0.3) is 5.91 Å². The number of amides is 1. The topological polar surface area (TPSA) is 45.7 Å². The molecule has 2 aromatic rings. The Balaban J connectivity index is 1.93. The summed E-state index contributed by atoms with van der Waals surface area (Å²) in [5, 5.41) is 5.53. The average molecular weight is 356 g/mol. The van der Waals surface area contributed by atoms with Crippen LogP contribution in [0, 0.1) is 12.7 Å². The summed E-state index contributed by atoms with van der Waals surface area (Å²) in [5.74, 6) is -0.711. The van der Waals surface area contributed by atoms with Crippen molar-refractivity contribution in [1.82, 2.24) is 0 Å². The Kier molecular flexibility index (Phi) is 5.99. The third kappa shape index (κ3) is 4.93. The Bertz CT molecular complexity index is 722. The molecule has 0 aromatic heterocycles. The molecule has 1 amide bonds. The van der Waals surface area contributed by atoms with E-state index in [9.17, 15) is 9.18 Å². The standard InChI is InChI=1S/C17H17Cl2FN2O/c1-10-3-6-16(15(20)7-10)22-17(23)9-21-11(2)13-5-4-12(18)8-14(13)19/h3-8,11,21H,9H2,1-2H3,(H,22,23)/p+1/t11-/m1/s1. The van der Waals surface area contributed by atoms with Gasteiger partial charge in [-0.1, -0.05) is 35.3 Å². The summed E-state index contributed by atoms with van der Waals surface area (Å²) in [7, 11) is 0. The summed E-state index contributed by atoms with van der Waals surface area (Å²) in [6.45, 7) is 3.89. The molecule has 0 aliphatic rings. The molecule has 0 radical (unpaired) electrons. The monoisotopic (exact) mass is 355 g/mol. The van der Waals surface area contributed by atoms with Crippen molar-refractivity contribution in [2.24, 2.45) is 0 Å². The number of halogens is 3. The number of hydrogen-bond acceptors (Lipinski definition) is 1. The zero-order chi connectivity index (χ0) is 17.0. The van der Waals surface area contributed by atoms with Crippen LogP contribution in [0.25, 0.3) is 0 Å². The first kappa shape index (κ1) is 17.7. The quantitative estimate of drug-likeness (QED) is 0.843. The number of rotatable bonds is 5. The summed E-state index contributed by atoms with van der Waals surface area (Å²) in [4.78, 5) is 12.0. The van der Waals surface area contributed by atoms with Gasteiger partial charge in [-0.05, 0) is 43.7 Å². The first-order chi connectivity index (χ1) is 10.9. The molecule has 3 nitrogen and oxygen atoms in total. The van der Waals surface area contributed by atoms with E-state index < -0.39 is 5.82 Å². The van der Waals surface area contributed by atoms with Crippen LogP contribution in [0.15, 0.2) is 36.4 Å². The Morgan fingerprint density at radius 1 is 1.26 bits per heavy atom. The normalized spacial score (nSPS) is 12.0. The minimum Gasteiger partial charge on any atom is -0.332 e. The minimum absolute atomic E-state index is 0.0200. The van der Waals surface area contributed by atoms with E-state index in [0.717, 1.165) is 11.1 Å². The smallest absolute Gasteiger partial charge is 0.279 e. The molecule has 2 rings (SSSR count). The van der Waals surface area contributed by atoms with E-state index in [2.05, 4.69) is 5.32 Å². The highest BCUT2D eigenvalue weighted by atomic mass is 35.5. The molecule has 6 heteroatoms. The molecular formula is C17H18Cl2FN2O+. The predicted octanol–water partition coefficient (Wildman–Crippen LogP) is 3.70. The number of nitrogens with two attached hydrogens (primary N) is 1. The Hall–Kier alpha value is -1.62. The number of nitrogens with one attached hydrogen (secondary N) is 1. The van der Waals surface area contributed by atoms with E-state index in [0.29, 0.717) is 10.0 Å². The van der Waals surface area contributed by atoms with Crippen LogP contribution in [0.3, 0.4) is 0 Å². The lowest BCUT2D eigenvalue weighted by Crippen LogP contribution is -2.86. The van der Waals surface area contributed by atoms with Gasteiger partial charge in [0.15, 0.2) is 6.54 Å². The molecule has 0 aliphatic carbocycles. The SMILES string of the molecule is Cc1ccc(NC(=O)C[NH2+][C@H](C)c2ccc(Cl)cc2Cl)c(F)c1. The van der Waals surface area contributed by atoms with Gasteiger partial charge in [-0.3, -0.25) is 4.79 Å². The highest BCUT2D eigenvalue weighted by Crippen LogP contribution is 2.24. The fourth-order valence-electron chi connectivity index (χ4n) is 2.20. The molecule has 2 aromatic carbocycles. The van der Waals surface area contributed by atoms with Crippen molar-refractivity contribution in [2.75, 3.05) is 11.9 Å². The maximum absolute atomic E-state index is 13.7. The van der Waals surface area contributed by atoms with Crippen molar-refractivity contribution in [3.05, 3.63) is 63.4 Å². The predicted molar refractivity (Wildman–Crippen MR) is 91.4 cm³/mol. The largest absolute Gasteiger partial charge is 0.332 e. The minimum atomic E-state index is -0.438. The van der Waals surface area contributed by atoms with E-state index in [1.807, 2.05) is 18.3 Å². The second-order valence-electron chi connectivity index (χ2n) is 5.43. The van der Waals surface area contributed by atoms with E-state index >= 15 is 0 Å². The number of aryl methyl sites for hydroxylation is 1. The van der Waals surface area contributed by atoms with E-state index in [-0.39, 0.29) is 24.2 Å². The van der Waals surface area contributed by atoms with Crippen LogP contribution < -0.4 is 10.6 Å². The molecule has 0 heterocycles. The summed E-state index contributed by atoms with van der Waals surface area (Å²) in [6, 6.07) is 9.94. The number of benzene rings is 2. The van der Waals surface area contributed by atoms with Gasteiger partial charge in [0.2, 0.25) is 0 Å². The van der Waals surface area contributed by atoms with Crippen molar-refractivity contribution in [1.29, 1.82) is 0 Å². The van der Waals surface area contributed by atoms with Gasteiger partial charge in [0.05, 0.1) is 10.7 Å². The molecular weight excluding hydrogens is 338 g/mol. The Labute approximate surface area is 144 Å². The molecule has 0 aliphatic heterocycles. The summed E-state index contributed by atoms with van der Waals surface area (Å²) < 4.78 is 13.7. The van der Waals surface area contributed by atoms with Gasteiger partial charge >= 0.3 is 0 Å². The van der Waals surface area contributed by atoms with Crippen LogP contribution in [-0.2, 0) is 4.79 Å². The number of anilines is 1. The number of quaternary nitrogens is 1. The van der Waals surface area contributed by atoms with Crippen LogP contribution in [0.5, 0.6) is 0 Å². The Morgan fingerprint density at radius 2 is 2.00 bits per heavy atom. The second-order valence-corrected chi connectivity index (χ2v) is 6.27. The van der Waals surface area contributed by atoms with Gasteiger partial charge in [0.1, 0.15) is 11.9 Å². The lowest BCUT2D eigenvalue weighted by Gasteiger charge is -2.13. The van der Waals surface area contributed by atoms with Gasteiger partial charge < -0.3 is 10.6 Å². The highest BCUT2D eigenvalue weighted by molar-refractivity contribution is 6.35. The molecule has 3 N–H and O–H groups in total. The van der Waals surface area contributed by atoms with Crippen molar-refractivity contribution in [2.45, 2.75) is 19.9 Å². The molecule has 0 bridgehead atoms. The van der Waals surface area contributed by atoms with Crippen LogP contribution in [0.4, 0.5) is 10.1 Å². The second kappa shape index (κ2) is 7.77. The highest BCUT2D eigenvalue weighted by Gasteiger charge is 2.15. The van der Waals surface area contributed by atoms with Crippen molar-refractivity contribution >= 4 is 34.8 Å². The van der Waals surface area contributed by atoms with Crippen molar-refractivity contribution in [3.63, 3.8) is 0 Å². The number of carbonyl (C=O) groups is 1. The maximum Gasteiger partial charge on any atom is 0.279 e. The molecule has 0 spiro atoms. The van der Waals surface area contributed by atoms with Gasteiger partial charge in [-0.15, -0.1) is 0 Å². The summed E-state index contributed by atoms with van der Waals surface area (Å²) >= 11 is 12.0. The van der Waals surface area contributed by atoms with E-state index in [4.69, 9.17) is 23.2 Å². The van der Waals surface area contributed by atoms with E-state index in [1.54, 1.807) is 31.2 Å². The van der Waals surface area contributed by atoms with Gasteiger partial charge in [0, 0.05) is 10.6 Å². The third-order valence-corrected chi connectivity index (χ3v) is 4.07. The Morgan fingerprint density at radius 3 is 2.65 bits per heavy atom. The molecule has 0 fully saturated rings. The molecule has 0 saturated heterocycles. The first-order valence-electron chi connectivity index (χ1n) is 7.21. The average Bonchev–Trinajstić information content (AvgIpc) is 2.48. The van der Waals surface area contributed by atoms with Crippen molar-refractivity contribution in [3.8, 4) is 0 Å². The number of hydrogen-bond donors (Lipinski definition) is 2. The molecule has 0 saturated carbocycles. The molecule has 23 heavy (non-hydrogen) atoms. The fraction of sp³-hybridized carbons (Fsp3) is 0.235. The van der Waals surface area contributed by atoms with E-state index in [1.165, 1.54) is 6.07 Å². The van der Waals surface area contributed by atoms with Crippen LogP contribution in [0.2, 0.25) is 10.0 Å². The zero-order valence-corrected chi connectivity index (χ0v) is 14.4. The summed E-state index contributed by atoms with van der Waals surface area (Å²) in [6.07, 6.45) is 0. The van der Waals surface area contributed by atoms with Crippen LogP contribution in [-0.4, -0.2) is 12.5 Å². The van der Waals surface area contributed by atoms with Crippen molar-refractivity contribution < 1.29 is 14.5 Å². The molecule has 0 unspecified atom stereocenters. The lowest BCUT2D eigenvalue weighted by atomic mass is 10.1. The summed E-state index contributed by atoms with van der Waals surface area (Å²) in [5.41, 5.74) is 1.88. The van der Waals surface area contributed by atoms with Gasteiger partial charge in [-0.2, -0.15) is 0 Å². The molecule has 1 atom stereocenters. The van der Waals surface area contributed by atoms with Gasteiger partial charge in [-0.25, -0.2) is 4.39 Å². The lowest BCUT2D eigenvalue weighted by molar-refractivity contribution is -0.682. The maximum atomic E-state index is 13.7. The molecule has 122 valence electrons.